The molecule has 21 heavy (non-hydrogen) atoms. The molecule has 0 unspecified atom stereocenters. The molecule has 0 radical (unpaired) electrons. The number of imide groups is 1. The Hall–Kier alpha value is -2.63. The molecule has 0 bridgehead atoms. The fraction of sp³-hybridized carbons (Fsp3) is 0.267. The lowest BCUT2D eigenvalue weighted by Gasteiger charge is -2.20. The molecule has 2 aliphatic heterocycles. The van der Waals surface area contributed by atoms with Gasteiger partial charge in [0.2, 0.25) is 0 Å². The van der Waals surface area contributed by atoms with Gasteiger partial charge in [-0.3, -0.25) is 9.59 Å². The predicted octanol–water partition coefficient (Wildman–Crippen LogP) is 1.24. The summed E-state index contributed by atoms with van der Waals surface area (Å²) in [6.07, 6.45) is 3.40. The summed E-state index contributed by atoms with van der Waals surface area (Å²) in [5.74, 6) is -1.77. The number of carbonyl (C=O) groups excluding carboxylic acids is 2. The molecule has 0 atom stereocenters. The second kappa shape index (κ2) is 5.05. The van der Waals surface area contributed by atoms with Crippen molar-refractivity contribution >= 4 is 23.5 Å². The molecule has 0 aromatic heterocycles. The normalized spacial score (nSPS) is 18.4. The van der Waals surface area contributed by atoms with Crippen LogP contribution < -0.4 is 4.90 Å². The SMILES string of the molecule is O=C(O)c1ccc(N2C(=O)C=C(N3CCCC3)C2=O)cc1. The van der Waals surface area contributed by atoms with Gasteiger partial charge in [-0.1, -0.05) is 0 Å². The first-order valence-corrected chi connectivity index (χ1v) is 6.76. The Bertz CT molecular complexity index is 642. The number of rotatable bonds is 3. The van der Waals surface area contributed by atoms with E-state index >= 15 is 0 Å². The lowest BCUT2D eigenvalue weighted by molar-refractivity contribution is -0.120. The summed E-state index contributed by atoms with van der Waals surface area (Å²) < 4.78 is 0. The van der Waals surface area contributed by atoms with Crippen molar-refractivity contribution < 1.29 is 19.5 Å². The minimum absolute atomic E-state index is 0.116. The van der Waals surface area contributed by atoms with Crippen molar-refractivity contribution in [2.24, 2.45) is 0 Å². The van der Waals surface area contributed by atoms with Crippen LogP contribution in [-0.2, 0) is 9.59 Å². The van der Waals surface area contributed by atoms with E-state index in [1.165, 1.54) is 30.3 Å². The number of nitrogens with zero attached hydrogens (tertiary/aromatic N) is 2. The van der Waals surface area contributed by atoms with Gasteiger partial charge in [0.05, 0.1) is 11.3 Å². The monoisotopic (exact) mass is 286 g/mol. The van der Waals surface area contributed by atoms with Gasteiger partial charge in [-0.2, -0.15) is 0 Å². The zero-order valence-electron chi connectivity index (χ0n) is 11.3. The zero-order chi connectivity index (χ0) is 15.0. The maximum absolute atomic E-state index is 12.4. The Morgan fingerprint density at radius 2 is 1.67 bits per heavy atom. The predicted molar refractivity (Wildman–Crippen MR) is 74.8 cm³/mol. The van der Waals surface area contributed by atoms with Crippen LogP contribution in [0.5, 0.6) is 0 Å². The first kappa shape index (κ1) is 13.4. The number of likely N-dealkylation sites (tertiary alicyclic amines) is 1. The smallest absolute Gasteiger partial charge is 0.335 e. The number of carboxylic acids is 1. The quantitative estimate of drug-likeness (QED) is 0.846. The first-order valence-electron chi connectivity index (χ1n) is 6.76. The summed E-state index contributed by atoms with van der Waals surface area (Å²) in [5.41, 5.74) is 0.936. The summed E-state index contributed by atoms with van der Waals surface area (Å²) in [4.78, 5) is 38.3. The van der Waals surface area contributed by atoms with E-state index in [0.29, 0.717) is 11.4 Å². The number of benzene rings is 1. The first-order chi connectivity index (χ1) is 10.1. The van der Waals surface area contributed by atoms with Gasteiger partial charge in [0.15, 0.2) is 0 Å². The van der Waals surface area contributed by atoms with Gasteiger partial charge in [-0.05, 0) is 37.1 Å². The molecule has 6 heteroatoms. The van der Waals surface area contributed by atoms with Gasteiger partial charge in [0, 0.05) is 19.2 Å². The van der Waals surface area contributed by atoms with E-state index in [0.717, 1.165) is 30.8 Å². The molecule has 1 saturated heterocycles. The number of carboxylic acid groups (broad SMARTS) is 1. The van der Waals surface area contributed by atoms with E-state index in [1.54, 1.807) is 0 Å². The maximum atomic E-state index is 12.4. The fourth-order valence-corrected chi connectivity index (χ4v) is 2.64. The number of hydrogen-bond donors (Lipinski definition) is 1. The molecule has 0 aliphatic carbocycles. The standard InChI is InChI=1S/C15H14N2O4/c18-13-9-12(16-7-1-2-8-16)14(19)17(13)11-5-3-10(4-6-11)15(20)21/h3-6,9H,1-2,7-8H2,(H,20,21). The van der Waals surface area contributed by atoms with Gasteiger partial charge in [-0.15, -0.1) is 0 Å². The third kappa shape index (κ3) is 2.29. The Morgan fingerprint density at radius 3 is 2.24 bits per heavy atom. The molecular formula is C15H14N2O4. The minimum Gasteiger partial charge on any atom is -0.478 e. The van der Waals surface area contributed by atoms with Crippen molar-refractivity contribution in [2.75, 3.05) is 18.0 Å². The summed E-state index contributed by atoms with van der Waals surface area (Å²) in [6.45, 7) is 1.58. The average Bonchev–Trinajstić information content (AvgIpc) is 3.07. The van der Waals surface area contributed by atoms with Crippen molar-refractivity contribution in [1.29, 1.82) is 0 Å². The third-order valence-corrected chi connectivity index (χ3v) is 3.72. The van der Waals surface area contributed by atoms with E-state index in [4.69, 9.17) is 5.11 Å². The molecule has 1 aromatic rings. The minimum atomic E-state index is -1.04. The Morgan fingerprint density at radius 1 is 1.05 bits per heavy atom. The molecule has 1 fully saturated rings. The summed E-state index contributed by atoms with van der Waals surface area (Å²) in [5, 5.41) is 8.87. The molecule has 1 aromatic carbocycles. The van der Waals surface area contributed by atoms with Crippen LogP contribution in [0.1, 0.15) is 23.2 Å². The zero-order valence-corrected chi connectivity index (χ0v) is 11.3. The van der Waals surface area contributed by atoms with Gasteiger partial charge >= 0.3 is 5.97 Å². The van der Waals surface area contributed by atoms with Crippen LogP contribution >= 0.6 is 0 Å². The number of aromatic carboxylic acids is 1. The average molecular weight is 286 g/mol. The van der Waals surface area contributed by atoms with Crippen LogP contribution in [0.4, 0.5) is 5.69 Å². The maximum Gasteiger partial charge on any atom is 0.335 e. The summed E-state index contributed by atoms with van der Waals surface area (Å²) in [7, 11) is 0. The number of amides is 2. The molecular weight excluding hydrogens is 272 g/mol. The topological polar surface area (TPSA) is 77.9 Å². The van der Waals surface area contributed by atoms with Crippen LogP contribution in [-0.4, -0.2) is 40.9 Å². The van der Waals surface area contributed by atoms with Gasteiger partial charge in [0.25, 0.3) is 11.8 Å². The molecule has 2 amide bonds. The highest BCUT2D eigenvalue weighted by Crippen LogP contribution is 2.26. The molecule has 2 aliphatic rings. The summed E-state index contributed by atoms with van der Waals surface area (Å²) in [6, 6.07) is 5.71. The largest absolute Gasteiger partial charge is 0.478 e. The van der Waals surface area contributed by atoms with Gasteiger partial charge in [-0.25, -0.2) is 9.69 Å². The number of carbonyl (C=O) groups is 3. The van der Waals surface area contributed by atoms with Crippen molar-refractivity contribution in [1.82, 2.24) is 4.90 Å². The molecule has 6 nitrogen and oxygen atoms in total. The highest BCUT2D eigenvalue weighted by Gasteiger charge is 2.36. The van der Waals surface area contributed by atoms with Gasteiger partial charge < -0.3 is 10.0 Å². The van der Waals surface area contributed by atoms with Crippen LogP contribution in [0.2, 0.25) is 0 Å². The number of hydrogen-bond acceptors (Lipinski definition) is 4. The molecule has 3 rings (SSSR count). The van der Waals surface area contributed by atoms with Crippen molar-refractivity contribution in [3.8, 4) is 0 Å². The van der Waals surface area contributed by atoms with Crippen LogP contribution in [0.25, 0.3) is 0 Å². The summed E-state index contributed by atoms with van der Waals surface area (Å²) >= 11 is 0. The van der Waals surface area contributed by atoms with Crippen molar-refractivity contribution in [3.05, 3.63) is 41.6 Å². The van der Waals surface area contributed by atoms with Crippen LogP contribution in [0, 0.1) is 0 Å². The van der Waals surface area contributed by atoms with E-state index in [-0.39, 0.29) is 17.4 Å². The highest BCUT2D eigenvalue weighted by atomic mass is 16.4. The van der Waals surface area contributed by atoms with Crippen LogP contribution in [0.15, 0.2) is 36.0 Å². The lowest BCUT2D eigenvalue weighted by Crippen LogP contribution is -2.34. The van der Waals surface area contributed by atoms with Gasteiger partial charge in [0.1, 0.15) is 5.70 Å². The second-order valence-electron chi connectivity index (χ2n) is 5.05. The lowest BCUT2D eigenvalue weighted by atomic mass is 10.2. The molecule has 0 saturated carbocycles. The molecule has 108 valence electrons. The Kier molecular flexibility index (Phi) is 3.21. The van der Waals surface area contributed by atoms with E-state index < -0.39 is 5.97 Å². The highest BCUT2D eigenvalue weighted by molar-refractivity contribution is 6.30. The van der Waals surface area contributed by atoms with Crippen molar-refractivity contribution in [3.63, 3.8) is 0 Å². The fourth-order valence-electron chi connectivity index (χ4n) is 2.64. The Labute approximate surface area is 121 Å². The third-order valence-electron chi connectivity index (χ3n) is 3.72. The molecule has 2 heterocycles. The molecule has 1 N–H and O–H groups in total. The van der Waals surface area contributed by atoms with E-state index in [1.807, 2.05) is 4.90 Å². The number of anilines is 1. The Balaban J connectivity index is 1.85. The second-order valence-corrected chi connectivity index (χ2v) is 5.05. The van der Waals surface area contributed by atoms with Crippen LogP contribution in [0.3, 0.4) is 0 Å². The van der Waals surface area contributed by atoms with Crippen molar-refractivity contribution in [2.45, 2.75) is 12.8 Å². The van der Waals surface area contributed by atoms with E-state index in [9.17, 15) is 14.4 Å². The van der Waals surface area contributed by atoms with E-state index in [2.05, 4.69) is 0 Å². The molecule has 0 spiro atoms.